The summed E-state index contributed by atoms with van der Waals surface area (Å²) in [5, 5.41) is 29.3. The van der Waals surface area contributed by atoms with E-state index < -0.39 is 108 Å². The summed E-state index contributed by atoms with van der Waals surface area (Å²) < 4.78 is 34.7. The molecule has 8 N–H and O–H groups in total. The van der Waals surface area contributed by atoms with E-state index >= 15 is 0 Å². The first-order chi connectivity index (χ1) is 25.7. The molecule has 0 saturated carbocycles. The first-order valence-electron chi connectivity index (χ1n) is 17.6. The average molecular weight is 769 g/mol. The molecule has 300 valence electrons. The Kier molecular flexibility index (Phi) is 15.3. The number of nitrogens with zero attached hydrogens (tertiary/aromatic N) is 1. The summed E-state index contributed by atoms with van der Waals surface area (Å²) in [6, 6.07) is -0.0339. The van der Waals surface area contributed by atoms with E-state index in [0.29, 0.717) is 25.9 Å². The van der Waals surface area contributed by atoms with Crippen molar-refractivity contribution in [2.24, 2.45) is 5.73 Å². The van der Waals surface area contributed by atoms with Gasteiger partial charge in [0.05, 0.1) is 13.0 Å². The number of primary amides is 1. The Bertz CT molecular complexity index is 1650. The van der Waals surface area contributed by atoms with Crippen LogP contribution in [0.2, 0.25) is 0 Å². The minimum absolute atomic E-state index is 0.100. The number of carbonyl (C=O) groups excluding carboxylic acids is 5. The molecule has 2 fully saturated rings. The number of ether oxygens (including phenoxy) is 6. The zero-order valence-corrected chi connectivity index (χ0v) is 30.1. The lowest BCUT2D eigenvalue weighted by atomic mass is 10.0. The molecule has 0 aliphatic carbocycles. The number of nitrogens with two attached hydrogens (primary N) is 1. The monoisotopic (exact) mass is 768 g/mol. The number of rotatable bonds is 17. The Hall–Kier alpha value is -4.67. The topological polar surface area (TPSA) is 298 Å². The van der Waals surface area contributed by atoms with Gasteiger partial charge in [-0.2, -0.15) is 0 Å². The van der Waals surface area contributed by atoms with Crippen LogP contribution in [0.4, 0.5) is 0 Å². The summed E-state index contributed by atoms with van der Waals surface area (Å²) in [7, 11) is 1.16. The van der Waals surface area contributed by atoms with Gasteiger partial charge < -0.3 is 60.3 Å². The number of esters is 1. The number of carbonyl (C=O) groups is 5. The molecule has 21 heteroatoms. The third kappa shape index (κ3) is 10.9. The molecule has 3 aliphatic rings. The summed E-state index contributed by atoms with van der Waals surface area (Å²) in [6.45, 7) is 4.80. The number of hydrogen-bond acceptors (Lipinski definition) is 15. The van der Waals surface area contributed by atoms with Crippen LogP contribution in [0, 0.1) is 0 Å². The molecule has 1 aromatic rings. The molecule has 4 heterocycles. The highest BCUT2D eigenvalue weighted by molar-refractivity contribution is 5.95. The standard InChI is InChI=1S/C33H48N6O15/c1-4-13-50-14-11-35-20(41)8-9-22(43)52-27-24(49-3)25(53-31(27)39-12-10-21(42)38-33(39)48)26(28(34)45)54-32-23(44)18(40)15-19(51-32)30(47)37-17-7-5-6-16(2)36-29(17)46/h10,12,15-18,23-27,31-32,40,44H,4-9,11,13-14H2,1-3H3,(H2,34,45)(H,35,41)(H,36,46)(H,37,47)(H,38,42,48)/t16-,17?,18+,23+,24-,25+,26-,27-,31-,32?/m1/s1. The first kappa shape index (κ1) is 42.1. The van der Waals surface area contributed by atoms with Crippen LogP contribution in [-0.4, -0.2) is 131 Å². The minimum Gasteiger partial charge on any atom is -0.456 e. The lowest BCUT2D eigenvalue weighted by Crippen LogP contribution is -2.54. The van der Waals surface area contributed by atoms with Crippen molar-refractivity contribution in [3.05, 3.63) is 44.9 Å². The number of aromatic nitrogens is 2. The van der Waals surface area contributed by atoms with Crippen molar-refractivity contribution in [1.29, 1.82) is 0 Å². The lowest BCUT2D eigenvalue weighted by molar-refractivity contribution is -0.241. The molecular weight excluding hydrogens is 720 g/mol. The van der Waals surface area contributed by atoms with Crippen molar-refractivity contribution < 1.29 is 62.6 Å². The molecule has 10 atom stereocenters. The van der Waals surface area contributed by atoms with Gasteiger partial charge in [0.15, 0.2) is 24.2 Å². The molecule has 21 nitrogen and oxygen atoms in total. The van der Waals surface area contributed by atoms with E-state index in [9.17, 15) is 43.8 Å². The van der Waals surface area contributed by atoms with E-state index in [4.69, 9.17) is 34.2 Å². The number of H-pyrrole nitrogens is 1. The summed E-state index contributed by atoms with van der Waals surface area (Å²) >= 11 is 0. The largest absolute Gasteiger partial charge is 0.456 e. The van der Waals surface area contributed by atoms with Gasteiger partial charge in [0.25, 0.3) is 11.5 Å². The van der Waals surface area contributed by atoms with E-state index in [2.05, 4.69) is 16.0 Å². The van der Waals surface area contributed by atoms with Crippen molar-refractivity contribution in [3.8, 4) is 0 Å². The van der Waals surface area contributed by atoms with Gasteiger partial charge in [-0.3, -0.25) is 38.3 Å². The number of methoxy groups -OCH3 is 1. The van der Waals surface area contributed by atoms with Gasteiger partial charge in [-0.25, -0.2) is 4.79 Å². The molecular formula is C33H48N6O15. The van der Waals surface area contributed by atoms with E-state index in [1.165, 1.54) is 0 Å². The molecule has 0 radical (unpaired) electrons. The molecule has 1 aromatic heterocycles. The number of hydrogen-bond donors (Lipinski definition) is 7. The number of nitrogens with one attached hydrogen (secondary N) is 4. The van der Waals surface area contributed by atoms with Crippen LogP contribution in [0.25, 0.3) is 0 Å². The van der Waals surface area contributed by atoms with Gasteiger partial charge in [0.2, 0.25) is 24.0 Å². The molecule has 4 rings (SSSR count). The van der Waals surface area contributed by atoms with E-state index in [0.717, 1.165) is 36.4 Å². The van der Waals surface area contributed by atoms with Crippen LogP contribution in [0.15, 0.2) is 33.7 Å². The van der Waals surface area contributed by atoms with Crippen molar-refractivity contribution in [2.45, 2.75) is 114 Å². The third-order valence-corrected chi connectivity index (χ3v) is 8.78. The molecule has 0 spiro atoms. The maximum Gasteiger partial charge on any atom is 0.330 e. The molecule has 0 aromatic carbocycles. The Balaban J connectivity index is 1.52. The Morgan fingerprint density at radius 2 is 1.87 bits per heavy atom. The normalized spacial score (nSPS) is 28.8. The second-order valence-electron chi connectivity index (χ2n) is 12.9. The van der Waals surface area contributed by atoms with Gasteiger partial charge in [0.1, 0.15) is 30.5 Å². The van der Waals surface area contributed by atoms with Crippen LogP contribution in [0.5, 0.6) is 0 Å². The van der Waals surface area contributed by atoms with E-state index in [1.54, 1.807) is 0 Å². The number of amides is 4. The van der Waals surface area contributed by atoms with Crippen molar-refractivity contribution in [1.82, 2.24) is 25.5 Å². The van der Waals surface area contributed by atoms with Crippen molar-refractivity contribution >= 4 is 29.6 Å². The highest BCUT2D eigenvalue weighted by Crippen LogP contribution is 2.36. The van der Waals surface area contributed by atoms with Gasteiger partial charge in [-0.05, 0) is 38.7 Å². The summed E-state index contributed by atoms with van der Waals surface area (Å²) in [4.78, 5) is 90.7. The molecule has 2 saturated heterocycles. The van der Waals surface area contributed by atoms with Gasteiger partial charge in [0, 0.05) is 45.0 Å². The molecule has 3 aliphatic heterocycles. The SMILES string of the molecule is CCCOCCNC(=O)CCC(=O)O[C@@H]1[C@H](OC)[C@@H]([C@@H](OC2OC(C(=O)NC3CCC[C@@H](C)NC3=O)=C[C@H](O)[C@@H]2O)C(N)=O)O[C@H]1n1ccc(=O)[nH]c1=O. The van der Waals surface area contributed by atoms with Crippen LogP contribution in [0.1, 0.15) is 58.6 Å². The van der Waals surface area contributed by atoms with Crippen molar-refractivity contribution in [2.75, 3.05) is 26.9 Å². The van der Waals surface area contributed by atoms with Crippen LogP contribution in [-0.2, 0) is 52.4 Å². The molecule has 4 amide bonds. The Morgan fingerprint density at radius 1 is 1.11 bits per heavy atom. The summed E-state index contributed by atoms with van der Waals surface area (Å²) in [5.41, 5.74) is 3.96. The zero-order valence-electron chi connectivity index (χ0n) is 30.1. The quantitative estimate of drug-likeness (QED) is 0.0603. The zero-order chi connectivity index (χ0) is 39.5. The minimum atomic E-state index is -1.94. The predicted molar refractivity (Wildman–Crippen MR) is 182 cm³/mol. The van der Waals surface area contributed by atoms with Crippen molar-refractivity contribution in [3.63, 3.8) is 0 Å². The van der Waals surface area contributed by atoms with Crippen LogP contribution < -0.4 is 32.9 Å². The number of aliphatic hydroxyl groups excluding tert-OH is 2. The van der Waals surface area contributed by atoms with E-state index in [-0.39, 0.29) is 25.6 Å². The molecule has 2 unspecified atom stereocenters. The first-order valence-corrected chi connectivity index (χ1v) is 17.6. The van der Waals surface area contributed by atoms with Gasteiger partial charge >= 0.3 is 11.7 Å². The smallest absolute Gasteiger partial charge is 0.330 e. The predicted octanol–water partition coefficient (Wildman–Crippen LogP) is -3.31. The summed E-state index contributed by atoms with van der Waals surface area (Å²) in [6.07, 6.45) is -9.92. The maximum atomic E-state index is 13.2. The van der Waals surface area contributed by atoms with Crippen LogP contribution >= 0.6 is 0 Å². The lowest BCUT2D eigenvalue weighted by Gasteiger charge is -2.35. The summed E-state index contributed by atoms with van der Waals surface area (Å²) in [5.74, 6) is -4.49. The number of aromatic amines is 1. The van der Waals surface area contributed by atoms with Crippen LogP contribution in [0.3, 0.4) is 0 Å². The fourth-order valence-electron chi connectivity index (χ4n) is 6.06. The highest BCUT2D eigenvalue weighted by atomic mass is 16.7. The fourth-order valence-corrected chi connectivity index (χ4v) is 6.06. The average Bonchev–Trinajstić information content (AvgIpc) is 3.38. The highest BCUT2D eigenvalue weighted by Gasteiger charge is 2.55. The molecule has 54 heavy (non-hydrogen) atoms. The second kappa shape index (κ2) is 19.6. The van der Waals surface area contributed by atoms with E-state index in [1.807, 2.05) is 18.8 Å². The van der Waals surface area contributed by atoms with Gasteiger partial charge in [-0.1, -0.05) is 6.92 Å². The Labute approximate surface area is 308 Å². The maximum absolute atomic E-state index is 13.2. The fraction of sp³-hybridized carbons (Fsp3) is 0.667. The Morgan fingerprint density at radius 3 is 2.56 bits per heavy atom. The van der Waals surface area contributed by atoms with Gasteiger partial charge in [-0.15, -0.1) is 0 Å². The molecule has 0 bridgehead atoms. The number of aliphatic hydroxyl groups is 2. The third-order valence-electron chi connectivity index (χ3n) is 8.78. The second-order valence-corrected chi connectivity index (χ2v) is 12.9.